The minimum Gasteiger partial charge on any atom is -0.343 e. The van der Waals surface area contributed by atoms with E-state index < -0.39 is 5.91 Å². The van der Waals surface area contributed by atoms with Crippen LogP contribution in [-0.2, 0) is 9.59 Å². The lowest BCUT2D eigenvalue weighted by Gasteiger charge is -2.28. The average molecular weight is 392 g/mol. The third-order valence-corrected chi connectivity index (χ3v) is 4.73. The highest BCUT2D eigenvalue weighted by molar-refractivity contribution is 6.39. The third-order valence-electron chi connectivity index (χ3n) is 4.73. The van der Waals surface area contributed by atoms with Gasteiger partial charge < -0.3 is 15.3 Å². The number of carbonyl (C=O) groups is 2. The highest BCUT2D eigenvalue weighted by Gasteiger charge is 2.26. The number of H-pyrrole nitrogens is 2. The summed E-state index contributed by atoms with van der Waals surface area (Å²) in [6, 6.07) is 12.5. The molecule has 0 radical (unpaired) electrons. The molecule has 1 aromatic heterocycles. The van der Waals surface area contributed by atoms with Gasteiger partial charge in [0.2, 0.25) is 5.84 Å². The lowest BCUT2D eigenvalue weighted by Crippen LogP contribution is -2.56. The predicted molar refractivity (Wildman–Crippen MR) is 110 cm³/mol. The second-order valence-corrected chi connectivity index (χ2v) is 6.92. The van der Waals surface area contributed by atoms with Gasteiger partial charge in [-0.2, -0.15) is 0 Å². The largest absolute Gasteiger partial charge is 0.343 e. The van der Waals surface area contributed by atoms with E-state index in [0.717, 1.165) is 11.1 Å². The number of hydrogen-bond acceptors (Lipinski definition) is 5. The van der Waals surface area contributed by atoms with Crippen molar-refractivity contribution in [3.05, 3.63) is 64.1 Å². The molecule has 0 saturated carbocycles. The molecule has 0 spiro atoms. The van der Waals surface area contributed by atoms with Gasteiger partial charge in [0.1, 0.15) is 6.54 Å². The van der Waals surface area contributed by atoms with Gasteiger partial charge >= 0.3 is 5.69 Å². The maximum Gasteiger partial charge on any atom is 0.323 e. The first kappa shape index (κ1) is 18.5. The van der Waals surface area contributed by atoms with Gasteiger partial charge in [-0.05, 0) is 43.7 Å². The van der Waals surface area contributed by atoms with Crippen LogP contribution in [0.1, 0.15) is 24.1 Å². The number of rotatable bonds is 4. The van der Waals surface area contributed by atoms with Crippen molar-refractivity contribution in [1.82, 2.24) is 20.7 Å². The molecule has 4 rings (SSSR count). The van der Waals surface area contributed by atoms with Crippen molar-refractivity contribution in [2.45, 2.75) is 19.9 Å². The number of nitrogens with one attached hydrogen (secondary N) is 4. The molecule has 9 heteroatoms. The summed E-state index contributed by atoms with van der Waals surface area (Å²) in [6.07, 6.45) is 0. The second kappa shape index (κ2) is 7.27. The van der Waals surface area contributed by atoms with E-state index in [0.29, 0.717) is 16.7 Å². The Morgan fingerprint density at radius 2 is 1.83 bits per heavy atom. The van der Waals surface area contributed by atoms with Gasteiger partial charge in [-0.3, -0.25) is 20.0 Å². The summed E-state index contributed by atoms with van der Waals surface area (Å²) in [6.45, 7) is 3.67. The molecule has 1 atom stereocenters. The lowest BCUT2D eigenvalue weighted by molar-refractivity contribution is -0.118. The van der Waals surface area contributed by atoms with E-state index in [1.807, 2.05) is 32.0 Å². The van der Waals surface area contributed by atoms with Crippen LogP contribution < -0.4 is 21.4 Å². The molecule has 2 heterocycles. The Morgan fingerprint density at radius 1 is 1.10 bits per heavy atom. The van der Waals surface area contributed by atoms with Crippen LogP contribution in [0.15, 0.2) is 52.3 Å². The molecule has 0 bridgehead atoms. The zero-order valence-electron chi connectivity index (χ0n) is 15.9. The Bertz CT molecular complexity index is 1170. The Morgan fingerprint density at radius 3 is 2.59 bits per heavy atom. The summed E-state index contributed by atoms with van der Waals surface area (Å²) in [7, 11) is 0. The summed E-state index contributed by atoms with van der Waals surface area (Å²) < 4.78 is 0. The standard InChI is InChI=1S/C20H20N6O3/c1-11-3-6-14(7-4-11)26-17(27)10-21-18(25-26)19(28)22-12(2)13-5-8-15-16(9-13)24-20(29)23-15/h3-9,12H,10H2,1-2H3,(H,21,25)(H,22,28)(H2,23,24,29)/t12-/m0/s1. The van der Waals surface area contributed by atoms with E-state index >= 15 is 0 Å². The molecular weight excluding hydrogens is 372 g/mol. The first-order chi connectivity index (χ1) is 13.9. The number of aliphatic imine (C=N–C) groups is 1. The van der Waals surface area contributed by atoms with Gasteiger partial charge in [0.25, 0.3) is 11.8 Å². The van der Waals surface area contributed by atoms with Crippen molar-refractivity contribution in [1.29, 1.82) is 0 Å². The summed E-state index contributed by atoms with van der Waals surface area (Å²) in [5, 5.41) is 4.18. The van der Waals surface area contributed by atoms with E-state index in [2.05, 4.69) is 25.7 Å². The van der Waals surface area contributed by atoms with Gasteiger partial charge in [0, 0.05) is 0 Å². The monoisotopic (exact) mass is 392 g/mol. The topological polar surface area (TPSA) is 122 Å². The van der Waals surface area contributed by atoms with Crippen LogP contribution in [0.25, 0.3) is 11.0 Å². The zero-order valence-corrected chi connectivity index (χ0v) is 15.9. The molecule has 0 aliphatic carbocycles. The normalized spacial score (nSPS) is 15.0. The fraction of sp³-hybridized carbons (Fsp3) is 0.200. The van der Waals surface area contributed by atoms with Crippen molar-refractivity contribution in [2.75, 3.05) is 11.6 Å². The number of hydrazine groups is 1. The second-order valence-electron chi connectivity index (χ2n) is 6.92. The Hall–Kier alpha value is -3.88. The molecule has 9 nitrogen and oxygen atoms in total. The number of nitrogens with zero attached hydrogens (tertiary/aromatic N) is 2. The number of hydrogen-bond donors (Lipinski definition) is 4. The molecule has 2 amide bonds. The molecule has 1 aliphatic heterocycles. The number of aryl methyl sites for hydroxylation is 1. The molecule has 0 fully saturated rings. The number of anilines is 1. The van der Waals surface area contributed by atoms with Crippen LogP contribution >= 0.6 is 0 Å². The van der Waals surface area contributed by atoms with Gasteiger partial charge in [0.15, 0.2) is 0 Å². The van der Waals surface area contributed by atoms with Crippen LogP contribution in [0.4, 0.5) is 5.69 Å². The maximum atomic E-state index is 12.7. The smallest absolute Gasteiger partial charge is 0.323 e. The third kappa shape index (κ3) is 3.75. The summed E-state index contributed by atoms with van der Waals surface area (Å²) in [5.74, 6) is -0.613. The van der Waals surface area contributed by atoms with Gasteiger partial charge in [0.05, 0.1) is 22.8 Å². The Kier molecular flexibility index (Phi) is 4.63. The number of benzene rings is 2. The van der Waals surface area contributed by atoms with Crippen LogP contribution in [0.3, 0.4) is 0 Å². The number of imidazole rings is 1. The van der Waals surface area contributed by atoms with Gasteiger partial charge in [-0.15, -0.1) is 0 Å². The van der Waals surface area contributed by atoms with Crippen molar-refractivity contribution < 1.29 is 9.59 Å². The molecule has 0 unspecified atom stereocenters. The highest BCUT2D eigenvalue weighted by Crippen LogP contribution is 2.18. The molecule has 148 valence electrons. The molecule has 1 aliphatic rings. The highest BCUT2D eigenvalue weighted by atomic mass is 16.2. The predicted octanol–water partition coefficient (Wildman–Crippen LogP) is 1.29. The summed E-state index contributed by atoms with van der Waals surface area (Å²) in [4.78, 5) is 45.7. The van der Waals surface area contributed by atoms with E-state index in [-0.39, 0.29) is 30.0 Å². The number of amides is 2. The van der Waals surface area contributed by atoms with Crippen LogP contribution in [0.2, 0.25) is 0 Å². The fourth-order valence-electron chi connectivity index (χ4n) is 3.11. The van der Waals surface area contributed by atoms with E-state index in [1.165, 1.54) is 5.01 Å². The quantitative estimate of drug-likeness (QED) is 0.534. The molecule has 2 aromatic carbocycles. The average Bonchev–Trinajstić information content (AvgIpc) is 3.08. The van der Waals surface area contributed by atoms with E-state index in [9.17, 15) is 14.4 Å². The Balaban J connectivity index is 1.48. The van der Waals surface area contributed by atoms with Gasteiger partial charge in [-0.1, -0.05) is 23.8 Å². The zero-order chi connectivity index (χ0) is 20.5. The molecule has 0 saturated heterocycles. The number of carbonyl (C=O) groups excluding carboxylic acids is 2. The summed E-state index contributed by atoms with van der Waals surface area (Å²) >= 11 is 0. The van der Waals surface area contributed by atoms with Crippen molar-refractivity contribution in [3.63, 3.8) is 0 Å². The maximum absolute atomic E-state index is 12.7. The van der Waals surface area contributed by atoms with Crippen molar-refractivity contribution in [2.24, 2.45) is 4.99 Å². The minimum absolute atomic E-state index is 0.0631. The number of aromatic amines is 2. The van der Waals surface area contributed by atoms with Crippen LogP contribution in [0, 0.1) is 6.92 Å². The molecule has 3 aromatic rings. The molecular formula is C20H20N6O3. The molecule has 29 heavy (non-hydrogen) atoms. The van der Waals surface area contributed by atoms with E-state index in [1.54, 1.807) is 24.3 Å². The number of amidine groups is 1. The fourth-order valence-corrected chi connectivity index (χ4v) is 3.11. The number of fused-ring (bicyclic) bond motifs is 1. The lowest BCUT2D eigenvalue weighted by atomic mass is 10.1. The summed E-state index contributed by atoms with van der Waals surface area (Å²) in [5.41, 5.74) is 6.40. The van der Waals surface area contributed by atoms with Crippen LogP contribution in [-0.4, -0.2) is 34.2 Å². The SMILES string of the molecule is Cc1ccc(N2NC(C(=O)N[C@@H](C)c3ccc4[nH]c(=O)[nH]c4c3)=NCC2=O)cc1. The van der Waals surface area contributed by atoms with Gasteiger partial charge in [-0.25, -0.2) is 9.80 Å². The van der Waals surface area contributed by atoms with Crippen LogP contribution in [0.5, 0.6) is 0 Å². The first-order valence-corrected chi connectivity index (χ1v) is 9.14. The molecule has 4 N–H and O–H groups in total. The first-order valence-electron chi connectivity index (χ1n) is 9.14. The van der Waals surface area contributed by atoms with Crippen molar-refractivity contribution >= 4 is 34.4 Å². The van der Waals surface area contributed by atoms with Crippen molar-refractivity contribution in [3.8, 4) is 0 Å². The van der Waals surface area contributed by atoms with E-state index in [4.69, 9.17) is 0 Å². The minimum atomic E-state index is -0.426. The number of aromatic nitrogens is 2. The Labute approximate surface area is 165 Å².